The Bertz CT molecular complexity index is 531. The van der Waals surface area contributed by atoms with Gasteiger partial charge in [-0.3, -0.25) is 0 Å². The van der Waals surface area contributed by atoms with E-state index < -0.39 is 5.97 Å². The molecule has 0 saturated heterocycles. The maximum atomic E-state index is 11.0. The summed E-state index contributed by atoms with van der Waals surface area (Å²) in [6, 6.07) is 1.82. The summed E-state index contributed by atoms with van der Waals surface area (Å²) in [7, 11) is 0. The lowest BCUT2D eigenvalue weighted by Gasteiger charge is -2.04. The zero-order chi connectivity index (χ0) is 11.0. The van der Waals surface area contributed by atoms with E-state index in [0.717, 1.165) is 5.69 Å². The monoisotopic (exact) mass is 205 g/mol. The summed E-state index contributed by atoms with van der Waals surface area (Å²) in [6.45, 7) is 3.76. The fourth-order valence-corrected chi connectivity index (χ4v) is 1.61. The highest BCUT2D eigenvalue weighted by molar-refractivity contribution is 5.88. The number of carboxylic acids is 1. The molecule has 5 heteroatoms. The molecule has 15 heavy (non-hydrogen) atoms. The van der Waals surface area contributed by atoms with Gasteiger partial charge in [-0.15, -0.1) is 0 Å². The Hall–Kier alpha value is -1.91. The van der Waals surface area contributed by atoms with Crippen LogP contribution in [0.15, 0.2) is 12.3 Å². The van der Waals surface area contributed by atoms with E-state index in [4.69, 9.17) is 5.11 Å². The average molecular weight is 205 g/mol. The molecule has 78 valence electrons. The number of rotatable bonds is 2. The molecule has 0 atom stereocenters. The van der Waals surface area contributed by atoms with E-state index in [-0.39, 0.29) is 5.56 Å². The Morgan fingerprint density at radius 1 is 1.60 bits per heavy atom. The number of aromatic nitrogens is 3. The Balaban J connectivity index is 2.80. The van der Waals surface area contributed by atoms with Crippen LogP contribution < -0.4 is 0 Å². The van der Waals surface area contributed by atoms with Crippen LogP contribution in [0.1, 0.15) is 28.7 Å². The van der Waals surface area contributed by atoms with Crippen LogP contribution >= 0.6 is 0 Å². The number of fused-ring (bicyclic) bond motifs is 1. The second kappa shape index (κ2) is 3.34. The maximum Gasteiger partial charge on any atom is 0.339 e. The predicted molar refractivity (Wildman–Crippen MR) is 54.1 cm³/mol. The first-order valence-corrected chi connectivity index (χ1v) is 4.71. The van der Waals surface area contributed by atoms with Crippen molar-refractivity contribution in [3.8, 4) is 0 Å². The van der Waals surface area contributed by atoms with Crippen LogP contribution in [0.2, 0.25) is 0 Å². The van der Waals surface area contributed by atoms with Crippen LogP contribution in [0.25, 0.3) is 5.65 Å². The zero-order valence-electron chi connectivity index (χ0n) is 8.56. The van der Waals surface area contributed by atoms with Gasteiger partial charge in [0.15, 0.2) is 5.65 Å². The van der Waals surface area contributed by atoms with E-state index in [1.165, 1.54) is 6.20 Å². The third-order valence-electron chi connectivity index (χ3n) is 2.27. The van der Waals surface area contributed by atoms with E-state index in [1.807, 2.05) is 19.9 Å². The molecule has 2 aromatic heterocycles. The maximum absolute atomic E-state index is 11.0. The molecule has 0 aliphatic carbocycles. The van der Waals surface area contributed by atoms with Gasteiger partial charge in [-0.1, -0.05) is 6.92 Å². The lowest BCUT2D eigenvalue weighted by atomic mass is 10.2. The van der Waals surface area contributed by atoms with E-state index >= 15 is 0 Å². The van der Waals surface area contributed by atoms with Gasteiger partial charge in [0.25, 0.3) is 0 Å². The predicted octanol–water partition coefficient (Wildman–Crippen LogP) is 1.30. The molecule has 0 bridgehead atoms. The van der Waals surface area contributed by atoms with Crippen molar-refractivity contribution in [3.63, 3.8) is 0 Å². The highest BCUT2D eigenvalue weighted by Crippen LogP contribution is 2.12. The van der Waals surface area contributed by atoms with Gasteiger partial charge < -0.3 is 5.11 Å². The fraction of sp³-hybridized carbons (Fsp3) is 0.300. The summed E-state index contributed by atoms with van der Waals surface area (Å²) < 4.78 is 1.60. The highest BCUT2D eigenvalue weighted by Gasteiger charge is 2.14. The molecule has 2 heterocycles. The molecule has 1 N–H and O–H groups in total. The number of hydrogen-bond donors (Lipinski definition) is 1. The molecule has 0 aromatic carbocycles. The third-order valence-corrected chi connectivity index (χ3v) is 2.27. The minimum atomic E-state index is -0.964. The van der Waals surface area contributed by atoms with Crippen LogP contribution in [0, 0.1) is 6.92 Å². The van der Waals surface area contributed by atoms with Gasteiger partial charge in [0.1, 0.15) is 0 Å². The van der Waals surface area contributed by atoms with Crippen LogP contribution in [-0.4, -0.2) is 25.7 Å². The first kappa shape index (κ1) is 9.64. The number of carbonyl (C=O) groups is 1. The summed E-state index contributed by atoms with van der Waals surface area (Å²) in [6.07, 6.45) is 2.00. The van der Waals surface area contributed by atoms with Crippen LogP contribution in [0.5, 0.6) is 0 Å². The van der Waals surface area contributed by atoms with Crippen molar-refractivity contribution in [3.05, 3.63) is 29.2 Å². The van der Waals surface area contributed by atoms with Crippen LogP contribution in [0.3, 0.4) is 0 Å². The lowest BCUT2D eigenvalue weighted by molar-refractivity contribution is 0.0694. The van der Waals surface area contributed by atoms with Crippen molar-refractivity contribution in [2.24, 2.45) is 0 Å². The number of nitrogens with zero attached hydrogens (tertiary/aromatic N) is 3. The smallest absolute Gasteiger partial charge is 0.339 e. The van der Waals surface area contributed by atoms with Crippen molar-refractivity contribution in [1.82, 2.24) is 14.6 Å². The first-order chi connectivity index (χ1) is 7.13. The van der Waals surface area contributed by atoms with Gasteiger partial charge >= 0.3 is 5.97 Å². The molecular formula is C10H11N3O2. The van der Waals surface area contributed by atoms with Gasteiger partial charge in [0, 0.05) is 12.3 Å². The molecule has 0 amide bonds. The third kappa shape index (κ3) is 1.45. The Morgan fingerprint density at radius 2 is 2.33 bits per heavy atom. The molecule has 5 nitrogen and oxygen atoms in total. The van der Waals surface area contributed by atoms with E-state index in [1.54, 1.807) is 4.52 Å². The molecule has 0 aliphatic rings. The number of hydrogen-bond acceptors (Lipinski definition) is 3. The molecule has 0 spiro atoms. The van der Waals surface area contributed by atoms with Gasteiger partial charge in [-0.25, -0.2) is 14.3 Å². The second-order valence-corrected chi connectivity index (χ2v) is 3.33. The van der Waals surface area contributed by atoms with Gasteiger partial charge in [-0.05, 0) is 13.3 Å². The van der Waals surface area contributed by atoms with Gasteiger partial charge in [0.2, 0.25) is 0 Å². The highest BCUT2D eigenvalue weighted by atomic mass is 16.4. The molecule has 0 saturated carbocycles. The molecular weight excluding hydrogens is 194 g/mol. The minimum absolute atomic E-state index is 0.216. The Kier molecular flexibility index (Phi) is 2.15. The van der Waals surface area contributed by atoms with Crippen molar-refractivity contribution < 1.29 is 9.90 Å². The number of aromatic carboxylic acids is 1. The van der Waals surface area contributed by atoms with Gasteiger partial charge in [0.05, 0.1) is 17.0 Å². The Morgan fingerprint density at radius 3 is 2.93 bits per heavy atom. The molecule has 0 fully saturated rings. The summed E-state index contributed by atoms with van der Waals surface area (Å²) >= 11 is 0. The van der Waals surface area contributed by atoms with E-state index in [2.05, 4.69) is 10.1 Å². The number of carboxylic acid groups (broad SMARTS) is 1. The first-order valence-electron chi connectivity index (χ1n) is 4.71. The SMILES string of the molecule is CCc1c(C(=O)O)cnc2cc(C)nn12. The standard InChI is InChI=1S/C10H11N3O2/c1-3-8-7(10(14)15)5-11-9-4-6(2)12-13(8)9/h4-5H,3H2,1-2H3,(H,14,15). The fourth-order valence-electron chi connectivity index (χ4n) is 1.61. The minimum Gasteiger partial charge on any atom is -0.478 e. The Labute approximate surface area is 86.4 Å². The summed E-state index contributed by atoms with van der Waals surface area (Å²) in [4.78, 5) is 15.0. The van der Waals surface area contributed by atoms with Crippen molar-refractivity contribution >= 4 is 11.6 Å². The number of aryl methyl sites for hydroxylation is 2. The largest absolute Gasteiger partial charge is 0.478 e. The van der Waals surface area contributed by atoms with Gasteiger partial charge in [-0.2, -0.15) is 5.10 Å². The molecule has 2 aromatic rings. The summed E-state index contributed by atoms with van der Waals surface area (Å²) in [5, 5.41) is 13.2. The topological polar surface area (TPSA) is 67.5 Å². The second-order valence-electron chi connectivity index (χ2n) is 3.33. The molecule has 0 unspecified atom stereocenters. The van der Waals surface area contributed by atoms with E-state index in [9.17, 15) is 4.79 Å². The molecule has 2 rings (SSSR count). The zero-order valence-corrected chi connectivity index (χ0v) is 8.56. The van der Waals surface area contributed by atoms with Crippen molar-refractivity contribution in [1.29, 1.82) is 0 Å². The summed E-state index contributed by atoms with van der Waals surface area (Å²) in [5.74, 6) is -0.964. The van der Waals surface area contributed by atoms with Crippen LogP contribution in [-0.2, 0) is 6.42 Å². The van der Waals surface area contributed by atoms with Crippen LogP contribution in [0.4, 0.5) is 0 Å². The van der Waals surface area contributed by atoms with Crippen molar-refractivity contribution in [2.75, 3.05) is 0 Å². The summed E-state index contributed by atoms with van der Waals surface area (Å²) in [5.41, 5.74) is 2.42. The molecule has 0 radical (unpaired) electrons. The average Bonchev–Trinajstić information content (AvgIpc) is 2.55. The molecule has 0 aliphatic heterocycles. The van der Waals surface area contributed by atoms with Crippen molar-refractivity contribution in [2.45, 2.75) is 20.3 Å². The van der Waals surface area contributed by atoms with E-state index in [0.29, 0.717) is 17.8 Å². The lowest BCUT2D eigenvalue weighted by Crippen LogP contribution is -2.09. The quantitative estimate of drug-likeness (QED) is 0.802. The normalized spacial score (nSPS) is 10.8.